The first-order chi connectivity index (χ1) is 8.70. The molecule has 18 heavy (non-hydrogen) atoms. The Balaban J connectivity index is 1.97. The normalized spacial score (nSPS) is 15.2. The molecule has 0 aliphatic heterocycles. The Morgan fingerprint density at radius 3 is 2.78 bits per heavy atom. The molecule has 0 bridgehead atoms. The molecule has 1 aliphatic rings. The Morgan fingerprint density at radius 2 is 2.22 bits per heavy atom. The molecule has 0 aromatic heterocycles. The highest BCUT2D eigenvalue weighted by Crippen LogP contribution is 2.30. The smallest absolute Gasteiger partial charge is 0.164 e. The van der Waals surface area contributed by atoms with Gasteiger partial charge in [0.1, 0.15) is 5.75 Å². The van der Waals surface area contributed by atoms with E-state index in [1.807, 2.05) is 12.1 Å². The first-order valence-corrected chi connectivity index (χ1v) is 7.15. The molecule has 98 valence electrons. The topological polar surface area (TPSA) is 52.3 Å². The van der Waals surface area contributed by atoms with Gasteiger partial charge in [-0.15, -0.1) is 0 Å². The Morgan fingerprint density at radius 1 is 1.44 bits per heavy atom. The van der Waals surface area contributed by atoms with Crippen LogP contribution >= 0.6 is 15.9 Å². The summed E-state index contributed by atoms with van der Waals surface area (Å²) in [6.07, 6.45) is 4.24. The Kier molecular flexibility index (Phi) is 4.78. The lowest BCUT2D eigenvalue weighted by molar-refractivity contribution is 0.0985. The fraction of sp³-hybridized carbons (Fsp3) is 0.500. The maximum atomic E-state index is 11.7. The summed E-state index contributed by atoms with van der Waals surface area (Å²) in [4.78, 5) is 11.7. The SMILES string of the molecule is NCCC(=O)c1ccc(OCC2CCC2)c(Br)c1. The molecule has 1 aromatic carbocycles. The average molecular weight is 312 g/mol. The summed E-state index contributed by atoms with van der Waals surface area (Å²) in [7, 11) is 0. The maximum Gasteiger partial charge on any atom is 0.164 e. The molecule has 0 saturated heterocycles. The van der Waals surface area contributed by atoms with E-state index in [2.05, 4.69) is 15.9 Å². The highest BCUT2D eigenvalue weighted by Gasteiger charge is 2.18. The molecule has 0 spiro atoms. The van der Waals surface area contributed by atoms with E-state index in [-0.39, 0.29) is 5.78 Å². The van der Waals surface area contributed by atoms with Crippen molar-refractivity contribution in [1.82, 2.24) is 0 Å². The van der Waals surface area contributed by atoms with Crippen LogP contribution in [0.3, 0.4) is 0 Å². The molecule has 3 nitrogen and oxygen atoms in total. The van der Waals surface area contributed by atoms with Crippen molar-refractivity contribution in [2.24, 2.45) is 11.7 Å². The van der Waals surface area contributed by atoms with E-state index in [0.717, 1.165) is 16.8 Å². The number of benzene rings is 1. The highest BCUT2D eigenvalue weighted by atomic mass is 79.9. The van der Waals surface area contributed by atoms with Gasteiger partial charge < -0.3 is 10.5 Å². The second-order valence-corrected chi connectivity index (χ2v) is 5.57. The van der Waals surface area contributed by atoms with Crippen molar-refractivity contribution in [3.63, 3.8) is 0 Å². The van der Waals surface area contributed by atoms with Crippen LogP contribution in [0.15, 0.2) is 22.7 Å². The van der Waals surface area contributed by atoms with E-state index in [1.165, 1.54) is 19.3 Å². The fourth-order valence-corrected chi connectivity index (χ4v) is 2.43. The molecule has 2 N–H and O–H groups in total. The fourth-order valence-electron chi connectivity index (χ4n) is 1.93. The molecule has 0 heterocycles. The third-order valence-electron chi connectivity index (χ3n) is 3.32. The standard InChI is InChI=1S/C14H18BrNO2/c15-12-8-11(13(17)6-7-16)4-5-14(12)18-9-10-2-1-3-10/h4-5,8,10H,1-3,6-7,9,16H2. The Hall–Kier alpha value is -0.870. The van der Waals surface area contributed by atoms with Crippen molar-refractivity contribution < 1.29 is 9.53 Å². The van der Waals surface area contributed by atoms with Crippen molar-refractivity contribution in [2.45, 2.75) is 25.7 Å². The quantitative estimate of drug-likeness (QED) is 0.821. The lowest BCUT2D eigenvalue weighted by Gasteiger charge is -2.25. The van der Waals surface area contributed by atoms with Crippen LogP contribution in [-0.4, -0.2) is 18.9 Å². The minimum absolute atomic E-state index is 0.0729. The third-order valence-corrected chi connectivity index (χ3v) is 3.94. The number of nitrogens with two attached hydrogens (primary N) is 1. The largest absolute Gasteiger partial charge is 0.492 e. The van der Waals surface area contributed by atoms with Crippen LogP contribution in [0.2, 0.25) is 0 Å². The number of halogens is 1. The van der Waals surface area contributed by atoms with Gasteiger partial charge in [0.25, 0.3) is 0 Å². The van der Waals surface area contributed by atoms with Crippen molar-refractivity contribution in [2.75, 3.05) is 13.2 Å². The van der Waals surface area contributed by atoms with Gasteiger partial charge in [-0.25, -0.2) is 0 Å². The molecule has 0 unspecified atom stereocenters. The number of hydrogen-bond acceptors (Lipinski definition) is 3. The second-order valence-electron chi connectivity index (χ2n) is 4.71. The van der Waals surface area contributed by atoms with Gasteiger partial charge in [-0.1, -0.05) is 6.42 Å². The molecule has 0 amide bonds. The van der Waals surface area contributed by atoms with Crippen molar-refractivity contribution in [1.29, 1.82) is 0 Å². The van der Waals surface area contributed by atoms with Crippen LogP contribution in [0.4, 0.5) is 0 Å². The lowest BCUT2D eigenvalue weighted by atomic mass is 9.86. The Bertz CT molecular complexity index is 430. The molecule has 1 saturated carbocycles. The maximum absolute atomic E-state index is 11.7. The molecular weight excluding hydrogens is 294 g/mol. The van der Waals surface area contributed by atoms with Crippen molar-refractivity contribution >= 4 is 21.7 Å². The average Bonchev–Trinajstić information content (AvgIpc) is 2.29. The van der Waals surface area contributed by atoms with Crippen LogP contribution in [0, 0.1) is 5.92 Å². The van der Waals surface area contributed by atoms with Gasteiger partial charge in [-0.05, 0) is 59.4 Å². The predicted octanol–water partition coefficient (Wildman–Crippen LogP) is 3.16. The highest BCUT2D eigenvalue weighted by molar-refractivity contribution is 9.10. The number of hydrogen-bond donors (Lipinski definition) is 1. The molecule has 4 heteroatoms. The first-order valence-electron chi connectivity index (χ1n) is 6.36. The van der Waals surface area contributed by atoms with Crippen LogP contribution in [-0.2, 0) is 0 Å². The van der Waals surface area contributed by atoms with E-state index >= 15 is 0 Å². The second kappa shape index (κ2) is 6.34. The summed E-state index contributed by atoms with van der Waals surface area (Å²) >= 11 is 3.45. The molecule has 1 fully saturated rings. The summed E-state index contributed by atoms with van der Waals surface area (Å²) in [6.45, 7) is 1.16. The zero-order chi connectivity index (χ0) is 13.0. The van der Waals surface area contributed by atoms with Gasteiger partial charge in [0.15, 0.2) is 5.78 Å². The van der Waals surface area contributed by atoms with Crippen molar-refractivity contribution in [3.8, 4) is 5.75 Å². The van der Waals surface area contributed by atoms with E-state index in [4.69, 9.17) is 10.5 Å². The molecule has 1 aliphatic carbocycles. The summed E-state index contributed by atoms with van der Waals surface area (Å²) in [5.74, 6) is 1.59. The van der Waals surface area contributed by atoms with Gasteiger partial charge in [0, 0.05) is 12.0 Å². The van der Waals surface area contributed by atoms with Crippen LogP contribution in [0.1, 0.15) is 36.0 Å². The molecule has 0 atom stereocenters. The zero-order valence-corrected chi connectivity index (χ0v) is 11.9. The minimum Gasteiger partial charge on any atom is -0.492 e. The summed E-state index contributed by atoms with van der Waals surface area (Å²) < 4.78 is 6.59. The summed E-state index contributed by atoms with van der Waals surface area (Å²) in [5.41, 5.74) is 6.06. The van der Waals surface area contributed by atoms with Crippen molar-refractivity contribution in [3.05, 3.63) is 28.2 Å². The van der Waals surface area contributed by atoms with E-state index < -0.39 is 0 Å². The van der Waals surface area contributed by atoms with Gasteiger partial charge in [0.05, 0.1) is 11.1 Å². The minimum atomic E-state index is 0.0729. The molecule has 1 aromatic rings. The summed E-state index contributed by atoms with van der Waals surface area (Å²) in [6, 6.07) is 5.47. The monoisotopic (exact) mass is 311 g/mol. The molecular formula is C14H18BrNO2. The third kappa shape index (κ3) is 3.33. The number of ketones is 1. The zero-order valence-electron chi connectivity index (χ0n) is 10.3. The predicted molar refractivity (Wildman–Crippen MR) is 75.0 cm³/mol. The number of ether oxygens (including phenoxy) is 1. The number of carbonyl (C=O) groups excluding carboxylic acids is 1. The number of rotatable bonds is 6. The van der Waals surface area contributed by atoms with Crippen LogP contribution in [0.25, 0.3) is 0 Å². The number of carbonyl (C=O) groups is 1. The van der Waals surface area contributed by atoms with Gasteiger partial charge in [-0.3, -0.25) is 4.79 Å². The van der Waals surface area contributed by atoms with Gasteiger partial charge >= 0.3 is 0 Å². The lowest BCUT2D eigenvalue weighted by Crippen LogP contribution is -2.19. The molecule has 0 radical (unpaired) electrons. The van der Waals surface area contributed by atoms with Crippen LogP contribution in [0.5, 0.6) is 5.75 Å². The van der Waals surface area contributed by atoms with E-state index in [0.29, 0.717) is 24.4 Å². The van der Waals surface area contributed by atoms with Gasteiger partial charge in [0.2, 0.25) is 0 Å². The van der Waals surface area contributed by atoms with E-state index in [1.54, 1.807) is 6.07 Å². The Labute approximate surface area is 116 Å². The summed E-state index contributed by atoms with van der Waals surface area (Å²) in [5, 5.41) is 0. The first kappa shape index (κ1) is 13.6. The van der Waals surface area contributed by atoms with E-state index in [9.17, 15) is 4.79 Å². The van der Waals surface area contributed by atoms with Crippen LogP contribution < -0.4 is 10.5 Å². The number of Topliss-reactive ketones (excluding diaryl/α,β-unsaturated/α-hetero) is 1. The van der Waals surface area contributed by atoms with Gasteiger partial charge in [-0.2, -0.15) is 0 Å². The molecule has 2 rings (SSSR count).